The molecule has 2 atom stereocenters. The fourth-order valence-electron chi connectivity index (χ4n) is 2.32. The van der Waals surface area contributed by atoms with Gasteiger partial charge in [-0.3, -0.25) is 0 Å². The first kappa shape index (κ1) is 10.3. The summed E-state index contributed by atoms with van der Waals surface area (Å²) in [7, 11) is 0. The van der Waals surface area contributed by atoms with E-state index in [9.17, 15) is 10.2 Å². The summed E-state index contributed by atoms with van der Waals surface area (Å²) in [5.41, 5.74) is 7.03. The normalized spacial score (nSPS) is 25.7. The quantitative estimate of drug-likeness (QED) is 0.647. The van der Waals surface area contributed by atoms with Gasteiger partial charge in [0.05, 0.1) is 0 Å². The summed E-state index contributed by atoms with van der Waals surface area (Å²) in [5, 5.41) is 18.5. The van der Waals surface area contributed by atoms with Crippen LogP contribution in [0.1, 0.15) is 24.8 Å². The monoisotopic (exact) mass is 207 g/mol. The Labute approximate surface area is 89.5 Å². The van der Waals surface area contributed by atoms with E-state index in [4.69, 9.17) is 5.73 Å². The van der Waals surface area contributed by atoms with E-state index in [0.29, 0.717) is 12.0 Å². The molecule has 1 aromatic rings. The molecule has 15 heavy (non-hydrogen) atoms. The van der Waals surface area contributed by atoms with Gasteiger partial charge in [0.15, 0.2) is 11.5 Å². The minimum atomic E-state index is -0.0607. The Morgan fingerprint density at radius 2 is 2.00 bits per heavy atom. The van der Waals surface area contributed by atoms with Crippen LogP contribution >= 0.6 is 0 Å². The molecule has 1 aromatic carbocycles. The maximum absolute atomic E-state index is 9.36. The minimum absolute atomic E-state index is 0.0425. The lowest BCUT2D eigenvalue weighted by Crippen LogP contribution is -2.25. The van der Waals surface area contributed by atoms with Crippen molar-refractivity contribution >= 4 is 0 Å². The standard InChI is InChI=1S/C12H17NO2/c13-10-3-1-2-9(10)6-8-4-5-11(14)12(15)7-8/h4-5,7,9-10,14-15H,1-3,6,13H2. The minimum Gasteiger partial charge on any atom is -0.504 e. The third-order valence-electron chi connectivity index (χ3n) is 3.26. The second-order valence-corrected chi connectivity index (χ2v) is 4.38. The van der Waals surface area contributed by atoms with Crippen LogP contribution in [0, 0.1) is 5.92 Å². The highest BCUT2D eigenvalue weighted by atomic mass is 16.3. The van der Waals surface area contributed by atoms with Crippen LogP contribution in [0.3, 0.4) is 0 Å². The van der Waals surface area contributed by atoms with Crippen molar-refractivity contribution in [1.29, 1.82) is 0 Å². The van der Waals surface area contributed by atoms with Gasteiger partial charge in [-0.15, -0.1) is 0 Å². The highest BCUT2D eigenvalue weighted by Crippen LogP contribution is 2.30. The number of phenols is 2. The zero-order valence-electron chi connectivity index (χ0n) is 8.69. The largest absolute Gasteiger partial charge is 0.504 e. The van der Waals surface area contributed by atoms with Gasteiger partial charge in [0.2, 0.25) is 0 Å². The molecule has 0 radical (unpaired) electrons. The van der Waals surface area contributed by atoms with Crippen molar-refractivity contribution in [2.75, 3.05) is 0 Å². The van der Waals surface area contributed by atoms with Crippen LogP contribution in [0.5, 0.6) is 11.5 Å². The molecule has 1 aliphatic carbocycles. The molecule has 0 heterocycles. The van der Waals surface area contributed by atoms with E-state index in [1.807, 2.05) is 6.07 Å². The molecule has 0 spiro atoms. The zero-order chi connectivity index (χ0) is 10.8. The van der Waals surface area contributed by atoms with Crippen molar-refractivity contribution in [3.8, 4) is 11.5 Å². The number of hydrogen-bond acceptors (Lipinski definition) is 3. The molecular weight excluding hydrogens is 190 g/mol. The topological polar surface area (TPSA) is 66.5 Å². The van der Waals surface area contributed by atoms with Crippen LogP contribution in [-0.2, 0) is 6.42 Å². The van der Waals surface area contributed by atoms with Gasteiger partial charge in [0.25, 0.3) is 0 Å². The van der Waals surface area contributed by atoms with Crippen molar-refractivity contribution in [3.05, 3.63) is 23.8 Å². The fraction of sp³-hybridized carbons (Fsp3) is 0.500. The summed E-state index contributed by atoms with van der Waals surface area (Å²) in [6, 6.07) is 5.30. The third-order valence-corrected chi connectivity index (χ3v) is 3.26. The van der Waals surface area contributed by atoms with E-state index >= 15 is 0 Å². The molecule has 0 saturated heterocycles. The van der Waals surface area contributed by atoms with E-state index in [-0.39, 0.29) is 11.5 Å². The first-order chi connectivity index (χ1) is 7.16. The fourth-order valence-corrected chi connectivity index (χ4v) is 2.32. The second kappa shape index (κ2) is 4.11. The lowest BCUT2D eigenvalue weighted by atomic mass is 9.95. The first-order valence-corrected chi connectivity index (χ1v) is 5.43. The van der Waals surface area contributed by atoms with Crippen molar-refractivity contribution in [2.24, 2.45) is 11.7 Å². The van der Waals surface area contributed by atoms with Crippen molar-refractivity contribution < 1.29 is 10.2 Å². The maximum Gasteiger partial charge on any atom is 0.157 e. The average molecular weight is 207 g/mol. The molecule has 1 fully saturated rings. The number of phenolic OH excluding ortho intramolecular Hbond substituents is 2. The van der Waals surface area contributed by atoms with Crippen LogP contribution in [-0.4, -0.2) is 16.3 Å². The number of rotatable bonds is 2. The van der Waals surface area contributed by atoms with Gasteiger partial charge in [-0.1, -0.05) is 12.5 Å². The number of aromatic hydroxyl groups is 2. The number of hydrogen-bond donors (Lipinski definition) is 3. The van der Waals surface area contributed by atoms with Gasteiger partial charge < -0.3 is 15.9 Å². The lowest BCUT2D eigenvalue weighted by Gasteiger charge is -2.15. The summed E-state index contributed by atoms with van der Waals surface area (Å²) >= 11 is 0. The molecule has 3 nitrogen and oxygen atoms in total. The van der Waals surface area contributed by atoms with Gasteiger partial charge in [-0.25, -0.2) is 0 Å². The van der Waals surface area contributed by atoms with Gasteiger partial charge in [-0.2, -0.15) is 0 Å². The molecule has 4 N–H and O–H groups in total. The zero-order valence-corrected chi connectivity index (χ0v) is 8.69. The van der Waals surface area contributed by atoms with Crippen LogP contribution < -0.4 is 5.73 Å². The molecule has 1 saturated carbocycles. The molecular formula is C12H17NO2. The van der Waals surface area contributed by atoms with Gasteiger partial charge in [-0.05, 0) is 42.9 Å². The Morgan fingerprint density at radius 1 is 1.20 bits per heavy atom. The highest BCUT2D eigenvalue weighted by molar-refractivity contribution is 5.40. The molecule has 0 aromatic heterocycles. The van der Waals surface area contributed by atoms with E-state index in [1.54, 1.807) is 6.07 Å². The number of benzene rings is 1. The Bertz CT molecular complexity index is 351. The second-order valence-electron chi connectivity index (χ2n) is 4.38. The Kier molecular flexibility index (Phi) is 2.82. The van der Waals surface area contributed by atoms with Crippen molar-refractivity contribution in [1.82, 2.24) is 0 Å². The average Bonchev–Trinajstić information content (AvgIpc) is 2.59. The molecule has 2 rings (SSSR count). The van der Waals surface area contributed by atoms with Crippen molar-refractivity contribution in [3.63, 3.8) is 0 Å². The third kappa shape index (κ3) is 2.23. The van der Waals surface area contributed by atoms with Crippen molar-refractivity contribution in [2.45, 2.75) is 31.7 Å². The summed E-state index contributed by atoms with van der Waals surface area (Å²) in [5.74, 6) is 0.419. The predicted octanol–water partition coefficient (Wildman–Crippen LogP) is 1.77. The Morgan fingerprint density at radius 3 is 2.60 bits per heavy atom. The van der Waals surface area contributed by atoms with Crippen LogP contribution in [0.25, 0.3) is 0 Å². The summed E-state index contributed by atoms with van der Waals surface area (Å²) in [4.78, 5) is 0. The van der Waals surface area contributed by atoms with E-state index in [2.05, 4.69) is 0 Å². The van der Waals surface area contributed by atoms with E-state index < -0.39 is 0 Å². The molecule has 0 amide bonds. The number of nitrogens with two attached hydrogens (primary N) is 1. The molecule has 82 valence electrons. The molecule has 2 unspecified atom stereocenters. The van der Waals surface area contributed by atoms with Crippen LogP contribution in [0.15, 0.2) is 18.2 Å². The first-order valence-electron chi connectivity index (χ1n) is 5.43. The SMILES string of the molecule is NC1CCCC1Cc1ccc(O)c(O)c1. The van der Waals surface area contributed by atoms with E-state index in [1.165, 1.54) is 18.9 Å². The van der Waals surface area contributed by atoms with Gasteiger partial charge in [0, 0.05) is 6.04 Å². The van der Waals surface area contributed by atoms with Crippen LogP contribution in [0.2, 0.25) is 0 Å². The van der Waals surface area contributed by atoms with Gasteiger partial charge in [0.1, 0.15) is 0 Å². The summed E-state index contributed by atoms with van der Waals surface area (Å²) < 4.78 is 0. The van der Waals surface area contributed by atoms with Gasteiger partial charge >= 0.3 is 0 Å². The molecule has 0 bridgehead atoms. The Hall–Kier alpha value is -1.22. The highest BCUT2D eigenvalue weighted by Gasteiger charge is 2.23. The predicted molar refractivity (Wildman–Crippen MR) is 58.8 cm³/mol. The maximum atomic E-state index is 9.36. The Balaban J connectivity index is 2.07. The van der Waals surface area contributed by atoms with Crippen LogP contribution in [0.4, 0.5) is 0 Å². The molecule has 3 heteroatoms. The van der Waals surface area contributed by atoms with E-state index in [0.717, 1.165) is 18.4 Å². The smallest absolute Gasteiger partial charge is 0.157 e. The molecule has 1 aliphatic rings. The molecule has 0 aliphatic heterocycles. The summed E-state index contributed by atoms with van der Waals surface area (Å²) in [6.07, 6.45) is 4.38. The summed E-state index contributed by atoms with van der Waals surface area (Å²) in [6.45, 7) is 0. The lowest BCUT2D eigenvalue weighted by molar-refractivity contribution is 0.402.